The number of aryl methyl sites for hydroxylation is 4. The van der Waals surface area contributed by atoms with E-state index >= 15 is 0 Å². The molecule has 3 heterocycles. The number of guanidine groups is 1. The lowest BCUT2D eigenvalue weighted by Gasteiger charge is -2.11. The first-order chi connectivity index (χ1) is 11.2. The number of thiazole rings is 1. The molecule has 2 aromatic heterocycles. The summed E-state index contributed by atoms with van der Waals surface area (Å²) in [5.41, 5.74) is 2.18. The molecular weight excluding hydrogens is 308 g/mol. The number of aromatic nitrogens is 3. The van der Waals surface area contributed by atoms with Crippen molar-refractivity contribution in [1.29, 1.82) is 0 Å². The number of hydrogen-bond donors (Lipinski definition) is 2. The number of fused-ring (bicyclic) bond motifs is 1. The van der Waals surface area contributed by atoms with Gasteiger partial charge in [0.15, 0.2) is 5.96 Å². The molecule has 3 rings (SSSR count). The minimum Gasteiger partial charge on any atom is -0.351 e. The van der Waals surface area contributed by atoms with Crippen molar-refractivity contribution >= 4 is 17.3 Å². The van der Waals surface area contributed by atoms with E-state index < -0.39 is 0 Å². The van der Waals surface area contributed by atoms with Crippen LogP contribution in [0, 0.1) is 13.8 Å². The van der Waals surface area contributed by atoms with Gasteiger partial charge in [-0.15, -0.1) is 11.3 Å². The van der Waals surface area contributed by atoms with Gasteiger partial charge in [0.05, 0.1) is 24.5 Å². The number of imidazole rings is 1. The van der Waals surface area contributed by atoms with Crippen molar-refractivity contribution in [2.24, 2.45) is 4.99 Å². The minimum atomic E-state index is 0.690. The molecule has 1 aliphatic rings. The fraction of sp³-hybridized carbons (Fsp3) is 0.562. The van der Waals surface area contributed by atoms with Gasteiger partial charge in [0, 0.05) is 31.1 Å². The summed E-state index contributed by atoms with van der Waals surface area (Å²) in [5, 5.41) is 7.72. The van der Waals surface area contributed by atoms with E-state index in [2.05, 4.69) is 38.3 Å². The van der Waals surface area contributed by atoms with Gasteiger partial charge in [-0.25, -0.2) is 9.97 Å². The van der Waals surface area contributed by atoms with E-state index in [1.54, 1.807) is 18.4 Å². The lowest BCUT2D eigenvalue weighted by atomic mass is 10.2. The molecule has 0 fully saturated rings. The average Bonchev–Trinajstić information content (AvgIpc) is 3.10. The Balaban J connectivity index is 1.52. The summed E-state index contributed by atoms with van der Waals surface area (Å²) < 4.78 is 2.28. The highest BCUT2D eigenvalue weighted by Gasteiger charge is 2.12. The zero-order chi connectivity index (χ0) is 16.2. The number of hydrogen-bond acceptors (Lipinski definition) is 4. The molecule has 0 aliphatic carbocycles. The third-order valence-electron chi connectivity index (χ3n) is 4.10. The summed E-state index contributed by atoms with van der Waals surface area (Å²) in [6.07, 6.45) is 5.75. The highest BCUT2D eigenvalue weighted by molar-refractivity contribution is 7.11. The Bertz CT molecular complexity index is 656. The van der Waals surface area contributed by atoms with Crippen molar-refractivity contribution in [3.63, 3.8) is 0 Å². The fourth-order valence-corrected chi connectivity index (χ4v) is 3.60. The largest absolute Gasteiger partial charge is 0.351 e. The second-order valence-corrected chi connectivity index (χ2v) is 7.12. The highest BCUT2D eigenvalue weighted by atomic mass is 32.1. The lowest BCUT2D eigenvalue weighted by molar-refractivity contribution is 0.522. The summed E-state index contributed by atoms with van der Waals surface area (Å²) in [5.74, 6) is 1.99. The Morgan fingerprint density at radius 2 is 2.09 bits per heavy atom. The van der Waals surface area contributed by atoms with Gasteiger partial charge < -0.3 is 15.2 Å². The van der Waals surface area contributed by atoms with Crippen LogP contribution in [0.2, 0.25) is 0 Å². The molecule has 6 nitrogen and oxygen atoms in total. The van der Waals surface area contributed by atoms with Crippen LogP contribution in [0.5, 0.6) is 0 Å². The summed E-state index contributed by atoms with van der Waals surface area (Å²) in [6.45, 7) is 6.62. The third-order valence-corrected chi connectivity index (χ3v) is 5.17. The maximum absolute atomic E-state index is 4.70. The summed E-state index contributed by atoms with van der Waals surface area (Å²) >= 11 is 1.73. The molecule has 1 aliphatic heterocycles. The van der Waals surface area contributed by atoms with Crippen LogP contribution in [0.25, 0.3) is 0 Å². The van der Waals surface area contributed by atoms with Gasteiger partial charge in [0.2, 0.25) is 0 Å². The van der Waals surface area contributed by atoms with Gasteiger partial charge >= 0.3 is 0 Å². The molecule has 2 N–H and O–H groups in total. The number of aliphatic imine (C=N–C) groups is 1. The van der Waals surface area contributed by atoms with Gasteiger partial charge in [0.25, 0.3) is 0 Å². The summed E-state index contributed by atoms with van der Waals surface area (Å²) in [7, 11) is 1.78. The Morgan fingerprint density at radius 1 is 1.26 bits per heavy atom. The molecule has 2 aromatic rings. The number of nitrogens with zero attached hydrogens (tertiary/aromatic N) is 4. The van der Waals surface area contributed by atoms with Crippen LogP contribution < -0.4 is 10.6 Å². The summed E-state index contributed by atoms with van der Waals surface area (Å²) in [6, 6.07) is 0. The molecule has 7 heteroatoms. The van der Waals surface area contributed by atoms with Gasteiger partial charge in [-0.05, 0) is 26.7 Å². The molecule has 0 aromatic carbocycles. The molecule has 0 saturated heterocycles. The van der Waals surface area contributed by atoms with Crippen molar-refractivity contribution in [1.82, 2.24) is 25.2 Å². The first-order valence-corrected chi connectivity index (χ1v) is 8.89. The normalized spacial score (nSPS) is 14.7. The van der Waals surface area contributed by atoms with E-state index in [0.29, 0.717) is 13.1 Å². The Hall–Kier alpha value is -1.89. The van der Waals surface area contributed by atoms with Gasteiger partial charge in [-0.3, -0.25) is 4.99 Å². The molecule has 0 atom stereocenters. The highest BCUT2D eigenvalue weighted by Crippen LogP contribution is 2.16. The van der Waals surface area contributed by atoms with E-state index in [0.717, 1.165) is 35.3 Å². The van der Waals surface area contributed by atoms with Crippen molar-refractivity contribution < 1.29 is 0 Å². The molecule has 0 amide bonds. The standard InChI is InChI=1S/C16H24N6S/c1-11-12(2)23-15(20-11)9-19-16(17-3)18-8-13-10-22-7-5-4-6-14(22)21-13/h10H,4-9H2,1-3H3,(H2,17,18,19). The van der Waals surface area contributed by atoms with E-state index in [1.807, 2.05) is 6.92 Å². The van der Waals surface area contributed by atoms with Crippen LogP contribution in [-0.4, -0.2) is 27.5 Å². The predicted molar refractivity (Wildman–Crippen MR) is 93.8 cm³/mol. The number of nitrogens with one attached hydrogen (secondary N) is 2. The molecular formula is C16H24N6S. The molecule has 0 saturated carbocycles. The van der Waals surface area contributed by atoms with E-state index in [-0.39, 0.29) is 0 Å². The molecule has 0 spiro atoms. The zero-order valence-electron chi connectivity index (χ0n) is 14.0. The SMILES string of the molecule is CN=C(NCc1cn2c(n1)CCCC2)NCc1nc(C)c(C)s1. The van der Waals surface area contributed by atoms with Crippen molar-refractivity contribution in [2.45, 2.75) is 52.7 Å². The van der Waals surface area contributed by atoms with E-state index in [9.17, 15) is 0 Å². The maximum Gasteiger partial charge on any atom is 0.191 e. The second kappa shape index (κ2) is 7.12. The molecule has 124 valence electrons. The summed E-state index contributed by atoms with van der Waals surface area (Å²) in [4.78, 5) is 14.8. The fourth-order valence-electron chi connectivity index (χ4n) is 2.73. The predicted octanol–water partition coefficient (Wildman–Crippen LogP) is 2.16. The van der Waals surface area contributed by atoms with Crippen LogP contribution in [0.4, 0.5) is 0 Å². The monoisotopic (exact) mass is 332 g/mol. The minimum absolute atomic E-state index is 0.690. The van der Waals surface area contributed by atoms with E-state index in [1.165, 1.54) is 23.5 Å². The van der Waals surface area contributed by atoms with Gasteiger partial charge in [-0.2, -0.15) is 0 Å². The van der Waals surface area contributed by atoms with Crippen molar-refractivity contribution in [2.75, 3.05) is 7.05 Å². The van der Waals surface area contributed by atoms with Crippen molar-refractivity contribution in [3.8, 4) is 0 Å². The van der Waals surface area contributed by atoms with E-state index in [4.69, 9.17) is 4.98 Å². The Kier molecular flexibility index (Phi) is 4.95. The molecule has 0 radical (unpaired) electrons. The van der Waals surface area contributed by atoms with Crippen LogP contribution in [0.3, 0.4) is 0 Å². The maximum atomic E-state index is 4.70. The number of rotatable bonds is 4. The van der Waals surface area contributed by atoms with Crippen LogP contribution in [0.1, 0.15) is 39.9 Å². The molecule has 23 heavy (non-hydrogen) atoms. The quantitative estimate of drug-likeness (QED) is 0.665. The molecule has 0 unspecified atom stereocenters. The lowest BCUT2D eigenvalue weighted by Crippen LogP contribution is -2.36. The topological polar surface area (TPSA) is 67.1 Å². The van der Waals surface area contributed by atoms with Crippen LogP contribution in [0.15, 0.2) is 11.2 Å². The third kappa shape index (κ3) is 3.90. The smallest absolute Gasteiger partial charge is 0.191 e. The van der Waals surface area contributed by atoms with Crippen LogP contribution >= 0.6 is 11.3 Å². The Labute approximate surface area is 141 Å². The average molecular weight is 332 g/mol. The second-order valence-electron chi connectivity index (χ2n) is 5.83. The molecule has 0 bridgehead atoms. The first-order valence-electron chi connectivity index (χ1n) is 8.08. The van der Waals surface area contributed by atoms with Gasteiger partial charge in [-0.1, -0.05) is 0 Å². The van der Waals surface area contributed by atoms with Crippen molar-refractivity contribution in [3.05, 3.63) is 33.3 Å². The van der Waals surface area contributed by atoms with Gasteiger partial charge in [0.1, 0.15) is 10.8 Å². The van der Waals surface area contributed by atoms with Crippen LogP contribution in [-0.2, 0) is 26.1 Å². The first kappa shape index (κ1) is 16.0. The Morgan fingerprint density at radius 3 is 2.78 bits per heavy atom. The zero-order valence-corrected chi connectivity index (χ0v) is 14.8.